The van der Waals surface area contributed by atoms with E-state index in [9.17, 15) is 8.42 Å². The van der Waals surface area contributed by atoms with Crippen molar-refractivity contribution in [3.05, 3.63) is 47.2 Å². The Bertz CT molecular complexity index is 1450. The Hall–Kier alpha value is -2.76. The normalized spacial score (nSPS) is 15.9. The first-order valence-corrected chi connectivity index (χ1v) is 13.1. The zero-order chi connectivity index (χ0) is 23.2. The molecule has 4 aromatic rings. The fourth-order valence-electron chi connectivity index (χ4n) is 4.04. The molecule has 1 aromatic carbocycles. The van der Waals surface area contributed by atoms with E-state index < -0.39 is 10.0 Å². The molecule has 0 radical (unpaired) electrons. The lowest BCUT2D eigenvalue weighted by Gasteiger charge is -2.31. The van der Waals surface area contributed by atoms with Crippen molar-refractivity contribution in [2.45, 2.75) is 25.9 Å². The van der Waals surface area contributed by atoms with E-state index in [1.807, 2.05) is 30.3 Å². The number of nitrogens with zero attached hydrogens (tertiary/aromatic N) is 5. The molecular formula is C22H23BrN6O3S. The monoisotopic (exact) mass is 530 g/mol. The van der Waals surface area contributed by atoms with E-state index in [1.54, 1.807) is 23.8 Å². The molecule has 0 bridgehead atoms. The molecule has 172 valence electrons. The van der Waals surface area contributed by atoms with Crippen LogP contribution in [0.4, 0.5) is 5.82 Å². The molecular weight excluding hydrogens is 508 g/mol. The summed E-state index contributed by atoms with van der Waals surface area (Å²) >= 11 is 3.49. The van der Waals surface area contributed by atoms with E-state index >= 15 is 0 Å². The number of nitrogen functional groups attached to an aromatic ring is 1. The van der Waals surface area contributed by atoms with Crippen molar-refractivity contribution in [3.63, 3.8) is 0 Å². The number of piperidine rings is 1. The van der Waals surface area contributed by atoms with Crippen LogP contribution in [0.2, 0.25) is 0 Å². The highest BCUT2D eigenvalue weighted by atomic mass is 79.9. The third kappa shape index (κ3) is 4.04. The Kier molecular flexibility index (Phi) is 5.71. The molecule has 1 saturated heterocycles. The number of rotatable bonds is 5. The predicted molar refractivity (Wildman–Crippen MR) is 131 cm³/mol. The van der Waals surface area contributed by atoms with Gasteiger partial charge in [0, 0.05) is 35.8 Å². The summed E-state index contributed by atoms with van der Waals surface area (Å²) in [5.74, 6) is 0.847. The van der Waals surface area contributed by atoms with Gasteiger partial charge >= 0.3 is 0 Å². The standard InChI is InChI=1S/C22H23BrN6O3S/c1-2-33(30,31)28-9-7-16(8-10-28)32-22-19(23)20(24)29-21(27-22)17(13-26-29)15-11-14-5-3-4-6-18(14)25-12-15/h3-6,11-13,16H,2,7-10,24H2,1H3. The Balaban J connectivity index is 1.46. The maximum Gasteiger partial charge on any atom is 0.234 e. The van der Waals surface area contributed by atoms with Crippen LogP contribution < -0.4 is 10.5 Å². The van der Waals surface area contributed by atoms with Crippen molar-refractivity contribution in [1.82, 2.24) is 23.9 Å². The molecule has 1 aliphatic rings. The van der Waals surface area contributed by atoms with Crippen LogP contribution in [0, 0.1) is 0 Å². The van der Waals surface area contributed by atoms with Gasteiger partial charge in [-0.05, 0) is 47.8 Å². The number of hydrogen-bond donors (Lipinski definition) is 1. The fourth-order valence-corrected chi connectivity index (χ4v) is 5.52. The summed E-state index contributed by atoms with van der Waals surface area (Å²) in [4.78, 5) is 9.27. The quantitative estimate of drug-likeness (QED) is 0.419. The van der Waals surface area contributed by atoms with Gasteiger partial charge in [0.05, 0.1) is 17.5 Å². The number of halogens is 1. The number of aromatic nitrogens is 4. The lowest BCUT2D eigenvalue weighted by atomic mass is 10.1. The topological polar surface area (TPSA) is 116 Å². The van der Waals surface area contributed by atoms with Crippen molar-refractivity contribution < 1.29 is 13.2 Å². The summed E-state index contributed by atoms with van der Waals surface area (Å²) in [6, 6.07) is 9.95. The van der Waals surface area contributed by atoms with Crippen molar-refractivity contribution in [1.29, 1.82) is 0 Å². The highest BCUT2D eigenvalue weighted by molar-refractivity contribution is 9.10. The van der Waals surface area contributed by atoms with Crippen LogP contribution in [0.3, 0.4) is 0 Å². The minimum atomic E-state index is -3.19. The molecule has 0 aliphatic carbocycles. The Labute approximate surface area is 199 Å². The van der Waals surface area contributed by atoms with Crippen LogP contribution in [0.1, 0.15) is 19.8 Å². The molecule has 1 aliphatic heterocycles. The molecule has 0 spiro atoms. The minimum Gasteiger partial charge on any atom is -0.473 e. The molecule has 5 rings (SSSR count). The molecule has 0 atom stereocenters. The molecule has 4 heterocycles. The molecule has 0 amide bonds. The zero-order valence-corrected chi connectivity index (χ0v) is 20.4. The molecule has 0 unspecified atom stereocenters. The van der Waals surface area contributed by atoms with E-state index in [0.717, 1.165) is 22.0 Å². The number of benzene rings is 1. The van der Waals surface area contributed by atoms with Crippen molar-refractivity contribution in [2.75, 3.05) is 24.6 Å². The SMILES string of the molecule is CCS(=O)(=O)N1CCC(Oc2nc3c(-c4cnc5ccccc5c4)cnn3c(N)c2Br)CC1. The van der Waals surface area contributed by atoms with Crippen molar-refractivity contribution in [2.24, 2.45) is 0 Å². The highest BCUT2D eigenvalue weighted by Crippen LogP contribution is 2.35. The smallest absolute Gasteiger partial charge is 0.234 e. The second-order valence-corrected chi connectivity index (χ2v) is 11.0. The maximum atomic E-state index is 12.1. The third-order valence-electron chi connectivity index (χ3n) is 5.93. The zero-order valence-electron chi connectivity index (χ0n) is 18.0. The summed E-state index contributed by atoms with van der Waals surface area (Å²) in [6.07, 6.45) is 4.52. The van der Waals surface area contributed by atoms with Gasteiger partial charge in [-0.15, -0.1) is 0 Å². The summed E-state index contributed by atoms with van der Waals surface area (Å²) in [5.41, 5.74) is 9.48. The first-order valence-electron chi connectivity index (χ1n) is 10.7. The molecule has 33 heavy (non-hydrogen) atoms. The molecule has 1 fully saturated rings. The second kappa shape index (κ2) is 8.54. The van der Waals surface area contributed by atoms with Gasteiger partial charge < -0.3 is 10.5 Å². The van der Waals surface area contributed by atoms with Crippen LogP contribution in [-0.4, -0.2) is 57.3 Å². The number of fused-ring (bicyclic) bond motifs is 2. The number of ether oxygens (including phenoxy) is 1. The van der Waals surface area contributed by atoms with Crippen LogP contribution in [0.25, 0.3) is 27.7 Å². The third-order valence-corrected chi connectivity index (χ3v) is 8.56. The number of hydrogen-bond acceptors (Lipinski definition) is 7. The van der Waals surface area contributed by atoms with E-state index in [4.69, 9.17) is 15.5 Å². The number of anilines is 1. The molecule has 11 heteroatoms. The highest BCUT2D eigenvalue weighted by Gasteiger charge is 2.29. The first kappa shape index (κ1) is 22.1. The van der Waals surface area contributed by atoms with Gasteiger partial charge in [-0.3, -0.25) is 4.98 Å². The van der Waals surface area contributed by atoms with Gasteiger partial charge in [0.25, 0.3) is 0 Å². The van der Waals surface area contributed by atoms with E-state index in [1.165, 1.54) is 4.31 Å². The molecule has 2 N–H and O–H groups in total. The Morgan fingerprint density at radius 3 is 2.73 bits per heavy atom. The van der Waals surface area contributed by atoms with E-state index in [0.29, 0.717) is 47.7 Å². The van der Waals surface area contributed by atoms with Gasteiger partial charge in [0.1, 0.15) is 16.4 Å². The van der Waals surface area contributed by atoms with Crippen LogP contribution >= 0.6 is 15.9 Å². The van der Waals surface area contributed by atoms with Crippen LogP contribution in [0.15, 0.2) is 47.2 Å². The molecule has 3 aromatic heterocycles. The summed E-state index contributed by atoms with van der Waals surface area (Å²) in [7, 11) is -3.19. The van der Waals surface area contributed by atoms with Gasteiger partial charge in [-0.25, -0.2) is 12.7 Å². The predicted octanol–water partition coefficient (Wildman–Crippen LogP) is 3.48. The van der Waals surface area contributed by atoms with Gasteiger partial charge in [-0.1, -0.05) is 18.2 Å². The molecule has 9 nitrogen and oxygen atoms in total. The minimum absolute atomic E-state index is 0.104. The Morgan fingerprint density at radius 2 is 1.97 bits per heavy atom. The van der Waals surface area contributed by atoms with E-state index in [-0.39, 0.29) is 11.9 Å². The lowest BCUT2D eigenvalue weighted by Crippen LogP contribution is -2.42. The van der Waals surface area contributed by atoms with Crippen molar-refractivity contribution >= 4 is 48.3 Å². The maximum absolute atomic E-state index is 12.1. The van der Waals surface area contributed by atoms with Gasteiger partial charge in [0.2, 0.25) is 15.9 Å². The average Bonchev–Trinajstić information content (AvgIpc) is 3.26. The number of pyridine rings is 1. The van der Waals surface area contributed by atoms with Gasteiger partial charge in [0.15, 0.2) is 5.65 Å². The molecule has 0 saturated carbocycles. The van der Waals surface area contributed by atoms with Crippen LogP contribution in [0.5, 0.6) is 5.88 Å². The van der Waals surface area contributed by atoms with Crippen molar-refractivity contribution in [3.8, 4) is 17.0 Å². The summed E-state index contributed by atoms with van der Waals surface area (Å²) in [5, 5.41) is 5.43. The number of para-hydroxylation sites is 1. The second-order valence-electron chi connectivity index (χ2n) is 7.94. The van der Waals surface area contributed by atoms with E-state index in [2.05, 4.69) is 26.0 Å². The summed E-state index contributed by atoms with van der Waals surface area (Å²) < 4.78 is 34.0. The summed E-state index contributed by atoms with van der Waals surface area (Å²) in [6.45, 7) is 2.51. The number of nitrogens with two attached hydrogens (primary N) is 1. The van der Waals surface area contributed by atoms with Gasteiger partial charge in [-0.2, -0.15) is 14.6 Å². The first-order chi connectivity index (χ1) is 15.9. The Morgan fingerprint density at radius 1 is 1.21 bits per heavy atom. The lowest BCUT2D eigenvalue weighted by molar-refractivity contribution is 0.129. The fraction of sp³-hybridized carbons (Fsp3) is 0.318. The average molecular weight is 531 g/mol. The number of sulfonamides is 1. The largest absolute Gasteiger partial charge is 0.473 e. The van der Waals surface area contributed by atoms with Crippen LogP contribution in [-0.2, 0) is 10.0 Å².